The predicted molar refractivity (Wildman–Crippen MR) is 96.4 cm³/mol. The SMILES string of the molecule is Cc1ccc(F)cc1NC(=O)N1CCCC[C@@H]1CCN1CCOCC1. The van der Waals surface area contributed by atoms with Gasteiger partial charge in [-0.2, -0.15) is 0 Å². The molecule has 5 nitrogen and oxygen atoms in total. The molecule has 0 unspecified atom stereocenters. The molecule has 2 fully saturated rings. The summed E-state index contributed by atoms with van der Waals surface area (Å²) in [6, 6.07) is 4.64. The number of likely N-dealkylation sites (tertiary alicyclic amines) is 1. The molecule has 1 aromatic carbocycles. The summed E-state index contributed by atoms with van der Waals surface area (Å²) >= 11 is 0. The lowest BCUT2D eigenvalue weighted by molar-refractivity contribution is 0.0329. The molecule has 0 aliphatic carbocycles. The molecule has 6 heteroatoms. The number of aryl methyl sites for hydroxylation is 1. The van der Waals surface area contributed by atoms with E-state index in [9.17, 15) is 9.18 Å². The van der Waals surface area contributed by atoms with E-state index in [4.69, 9.17) is 4.74 Å². The van der Waals surface area contributed by atoms with Crippen molar-refractivity contribution in [2.75, 3.05) is 44.7 Å². The van der Waals surface area contributed by atoms with Crippen LogP contribution in [-0.4, -0.2) is 61.3 Å². The van der Waals surface area contributed by atoms with Crippen LogP contribution in [0.5, 0.6) is 0 Å². The molecule has 1 N–H and O–H groups in total. The number of rotatable bonds is 4. The van der Waals surface area contributed by atoms with Crippen molar-refractivity contribution < 1.29 is 13.9 Å². The van der Waals surface area contributed by atoms with Crippen molar-refractivity contribution in [3.63, 3.8) is 0 Å². The Labute approximate surface area is 149 Å². The number of nitrogens with zero attached hydrogens (tertiary/aromatic N) is 2. The number of morpholine rings is 1. The number of piperidine rings is 1. The molecule has 2 saturated heterocycles. The van der Waals surface area contributed by atoms with Crippen molar-refractivity contribution in [2.24, 2.45) is 0 Å². The van der Waals surface area contributed by atoms with E-state index < -0.39 is 0 Å². The first kappa shape index (κ1) is 18.1. The minimum atomic E-state index is -0.330. The van der Waals surface area contributed by atoms with Gasteiger partial charge >= 0.3 is 6.03 Å². The normalized spacial score (nSPS) is 22.0. The van der Waals surface area contributed by atoms with E-state index >= 15 is 0 Å². The smallest absolute Gasteiger partial charge is 0.322 e. The second kappa shape index (κ2) is 8.63. The third-order valence-corrected chi connectivity index (χ3v) is 5.21. The minimum absolute atomic E-state index is 0.111. The van der Waals surface area contributed by atoms with E-state index in [1.807, 2.05) is 11.8 Å². The number of anilines is 1. The average Bonchev–Trinajstić information content (AvgIpc) is 2.64. The summed E-state index contributed by atoms with van der Waals surface area (Å²) in [6.07, 6.45) is 4.22. The zero-order chi connectivity index (χ0) is 17.6. The fourth-order valence-corrected chi connectivity index (χ4v) is 3.64. The Morgan fingerprint density at radius 1 is 1.28 bits per heavy atom. The maximum Gasteiger partial charge on any atom is 0.322 e. The summed E-state index contributed by atoms with van der Waals surface area (Å²) in [5, 5.41) is 2.90. The molecule has 0 radical (unpaired) electrons. The van der Waals surface area contributed by atoms with E-state index in [1.54, 1.807) is 6.07 Å². The van der Waals surface area contributed by atoms with Crippen LogP contribution in [-0.2, 0) is 4.74 Å². The van der Waals surface area contributed by atoms with Gasteiger partial charge in [-0.05, 0) is 50.3 Å². The number of benzene rings is 1. The molecule has 3 rings (SSSR count). The Morgan fingerprint density at radius 3 is 2.88 bits per heavy atom. The van der Waals surface area contributed by atoms with Crippen molar-refractivity contribution in [2.45, 2.75) is 38.6 Å². The monoisotopic (exact) mass is 349 g/mol. The lowest BCUT2D eigenvalue weighted by Crippen LogP contribution is -2.48. The van der Waals surface area contributed by atoms with Crippen LogP contribution in [0.1, 0.15) is 31.2 Å². The third kappa shape index (κ3) is 4.92. The van der Waals surface area contributed by atoms with Crippen LogP contribution in [0.15, 0.2) is 18.2 Å². The van der Waals surface area contributed by atoms with Crippen molar-refractivity contribution in [1.82, 2.24) is 9.80 Å². The van der Waals surface area contributed by atoms with Crippen molar-refractivity contribution in [3.8, 4) is 0 Å². The Bertz CT molecular complexity index is 590. The molecule has 1 atom stereocenters. The molecular formula is C19H28FN3O2. The van der Waals surface area contributed by atoms with Gasteiger partial charge in [-0.25, -0.2) is 9.18 Å². The van der Waals surface area contributed by atoms with Crippen LogP contribution < -0.4 is 5.32 Å². The first-order valence-electron chi connectivity index (χ1n) is 9.27. The predicted octanol–water partition coefficient (Wildman–Crippen LogP) is 3.24. The van der Waals surface area contributed by atoms with E-state index in [-0.39, 0.29) is 17.9 Å². The van der Waals surface area contributed by atoms with Crippen molar-refractivity contribution >= 4 is 11.7 Å². The summed E-state index contributed by atoms with van der Waals surface area (Å²) < 4.78 is 18.9. The lowest BCUT2D eigenvalue weighted by atomic mass is 9.99. The minimum Gasteiger partial charge on any atom is -0.379 e. The molecule has 2 aliphatic heterocycles. The van der Waals surface area contributed by atoms with Crippen LogP contribution in [0.3, 0.4) is 0 Å². The van der Waals surface area contributed by atoms with Crippen molar-refractivity contribution in [3.05, 3.63) is 29.6 Å². The van der Waals surface area contributed by atoms with Gasteiger partial charge < -0.3 is 15.0 Å². The Kier molecular flexibility index (Phi) is 6.26. The van der Waals surface area contributed by atoms with Crippen LogP contribution in [0, 0.1) is 12.7 Å². The number of amides is 2. The molecule has 2 amide bonds. The first-order valence-corrected chi connectivity index (χ1v) is 9.27. The summed E-state index contributed by atoms with van der Waals surface area (Å²) in [4.78, 5) is 17.1. The number of ether oxygens (including phenoxy) is 1. The molecular weight excluding hydrogens is 321 g/mol. The maximum atomic E-state index is 13.5. The van der Waals surface area contributed by atoms with Gasteiger partial charge in [0.2, 0.25) is 0 Å². The molecule has 0 bridgehead atoms. The summed E-state index contributed by atoms with van der Waals surface area (Å²) in [5.74, 6) is -0.330. The van der Waals surface area contributed by atoms with Gasteiger partial charge in [0.05, 0.1) is 13.2 Å². The molecule has 0 saturated carbocycles. The van der Waals surface area contributed by atoms with Gasteiger partial charge in [-0.15, -0.1) is 0 Å². The van der Waals surface area contributed by atoms with E-state index in [0.29, 0.717) is 5.69 Å². The van der Waals surface area contributed by atoms with Crippen LogP contribution in [0.2, 0.25) is 0 Å². The van der Waals surface area contributed by atoms with Gasteiger partial charge in [-0.3, -0.25) is 4.90 Å². The second-order valence-electron chi connectivity index (χ2n) is 6.98. The Hall–Kier alpha value is -1.66. The standard InChI is InChI=1S/C19H28FN3O2/c1-15-5-6-16(20)14-18(15)21-19(24)23-8-3-2-4-17(23)7-9-22-10-12-25-13-11-22/h5-6,14,17H,2-4,7-13H2,1H3,(H,21,24)/t17-/m1/s1. The second-order valence-corrected chi connectivity index (χ2v) is 6.98. The van der Waals surface area contributed by atoms with E-state index in [2.05, 4.69) is 10.2 Å². The molecule has 0 spiro atoms. The van der Waals surface area contributed by atoms with Gasteiger partial charge in [0.1, 0.15) is 5.82 Å². The summed E-state index contributed by atoms with van der Waals surface area (Å²) in [7, 11) is 0. The Morgan fingerprint density at radius 2 is 2.08 bits per heavy atom. The number of nitrogens with one attached hydrogen (secondary N) is 1. The number of carbonyl (C=O) groups excluding carboxylic acids is 1. The molecule has 138 valence electrons. The zero-order valence-corrected chi connectivity index (χ0v) is 15.0. The van der Waals surface area contributed by atoms with Crippen LogP contribution >= 0.6 is 0 Å². The number of urea groups is 1. The van der Waals surface area contributed by atoms with Gasteiger partial charge in [0.25, 0.3) is 0 Å². The van der Waals surface area contributed by atoms with Gasteiger partial charge in [0, 0.05) is 37.9 Å². The highest BCUT2D eigenvalue weighted by Gasteiger charge is 2.27. The van der Waals surface area contributed by atoms with E-state index in [0.717, 1.165) is 70.6 Å². The highest BCUT2D eigenvalue weighted by molar-refractivity contribution is 5.90. The van der Waals surface area contributed by atoms with E-state index in [1.165, 1.54) is 12.1 Å². The average molecular weight is 349 g/mol. The maximum absolute atomic E-state index is 13.5. The summed E-state index contributed by atoms with van der Waals surface area (Å²) in [6.45, 7) is 7.19. The first-order chi connectivity index (χ1) is 12.1. The van der Waals surface area contributed by atoms with Crippen LogP contribution in [0.4, 0.5) is 14.9 Å². The third-order valence-electron chi connectivity index (χ3n) is 5.21. The van der Waals surface area contributed by atoms with Crippen molar-refractivity contribution in [1.29, 1.82) is 0 Å². The Balaban J connectivity index is 1.59. The number of hydrogen-bond donors (Lipinski definition) is 1. The number of halogens is 1. The fourth-order valence-electron chi connectivity index (χ4n) is 3.64. The number of hydrogen-bond acceptors (Lipinski definition) is 3. The zero-order valence-electron chi connectivity index (χ0n) is 15.0. The number of carbonyl (C=O) groups is 1. The fraction of sp³-hybridized carbons (Fsp3) is 0.632. The highest BCUT2D eigenvalue weighted by atomic mass is 19.1. The van der Waals surface area contributed by atoms with Gasteiger partial charge in [0.15, 0.2) is 0 Å². The molecule has 2 heterocycles. The lowest BCUT2D eigenvalue weighted by Gasteiger charge is -2.37. The molecule has 0 aromatic heterocycles. The molecule has 2 aliphatic rings. The highest BCUT2D eigenvalue weighted by Crippen LogP contribution is 2.23. The topological polar surface area (TPSA) is 44.8 Å². The quantitative estimate of drug-likeness (QED) is 0.908. The molecule has 25 heavy (non-hydrogen) atoms. The summed E-state index contributed by atoms with van der Waals surface area (Å²) in [5.41, 5.74) is 1.43. The largest absolute Gasteiger partial charge is 0.379 e. The van der Waals surface area contributed by atoms with Crippen LogP contribution in [0.25, 0.3) is 0 Å². The van der Waals surface area contributed by atoms with Gasteiger partial charge in [-0.1, -0.05) is 6.07 Å². The molecule has 1 aromatic rings.